The Morgan fingerprint density at radius 1 is 1.00 bits per heavy atom. The molecule has 0 radical (unpaired) electrons. The maximum atomic E-state index is 5.84. The molecule has 1 aliphatic rings. The standard InChI is InChI=1S/C21H27NO3/c1-5-24-19-12-15-9-10-22-21(17(15)13-20(19)25-6-2)16-7-8-18(23-4)14(3)11-16/h7-8,11-13,21-22H,5-6,9-10H2,1-4H3/p+1/t21-/m1/s1. The molecule has 2 N–H and O–H groups in total. The molecular formula is C21H28NO3+. The van der Waals surface area contributed by atoms with Crippen LogP contribution >= 0.6 is 0 Å². The summed E-state index contributed by atoms with van der Waals surface area (Å²) in [6.07, 6.45) is 1.05. The third kappa shape index (κ3) is 3.59. The lowest BCUT2D eigenvalue weighted by molar-refractivity contribution is -0.690. The van der Waals surface area contributed by atoms with Crippen molar-refractivity contribution in [1.29, 1.82) is 0 Å². The topological polar surface area (TPSA) is 44.3 Å². The first-order chi connectivity index (χ1) is 12.2. The van der Waals surface area contributed by atoms with Crippen LogP contribution in [0.15, 0.2) is 30.3 Å². The molecule has 3 rings (SSSR count). The van der Waals surface area contributed by atoms with Crippen molar-refractivity contribution in [3.63, 3.8) is 0 Å². The average molecular weight is 342 g/mol. The van der Waals surface area contributed by atoms with Crippen LogP contribution in [0.25, 0.3) is 0 Å². The van der Waals surface area contributed by atoms with Crippen molar-refractivity contribution in [3.05, 3.63) is 52.6 Å². The number of fused-ring (bicyclic) bond motifs is 1. The van der Waals surface area contributed by atoms with Gasteiger partial charge in [0.1, 0.15) is 11.8 Å². The maximum Gasteiger partial charge on any atom is 0.161 e. The molecule has 1 atom stereocenters. The fourth-order valence-corrected chi connectivity index (χ4v) is 3.60. The monoisotopic (exact) mass is 342 g/mol. The minimum atomic E-state index is 0.281. The van der Waals surface area contributed by atoms with Crippen LogP contribution in [0, 0.1) is 6.92 Å². The summed E-state index contributed by atoms with van der Waals surface area (Å²) in [6, 6.07) is 11.1. The first-order valence-corrected chi connectivity index (χ1v) is 9.08. The Morgan fingerprint density at radius 3 is 2.36 bits per heavy atom. The molecule has 2 aromatic carbocycles. The van der Waals surface area contributed by atoms with Crippen LogP contribution in [-0.4, -0.2) is 26.9 Å². The van der Waals surface area contributed by atoms with Crippen molar-refractivity contribution in [2.45, 2.75) is 33.2 Å². The van der Waals surface area contributed by atoms with Crippen LogP contribution in [0.5, 0.6) is 17.2 Å². The van der Waals surface area contributed by atoms with Crippen molar-refractivity contribution < 1.29 is 19.5 Å². The third-order valence-corrected chi connectivity index (χ3v) is 4.73. The largest absolute Gasteiger partial charge is 0.496 e. The average Bonchev–Trinajstić information content (AvgIpc) is 2.62. The smallest absolute Gasteiger partial charge is 0.161 e. The summed E-state index contributed by atoms with van der Waals surface area (Å²) in [6.45, 7) is 8.46. The van der Waals surface area contributed by atoms with E-state index in [4.69, 9.17) is 14.2 Å². The van der Waals surface area contributed by atoms with Gasteiger partial charge in [-0.15, -0.1) is 0 Å². The molecule has 0 aliphatic carbocycles. The Balaban J connectivity index is 2.03. The molecule has 4 nitrogen and oxygen atoms in total. The van der Waals surface area contributed by atoms with Gasteiger partial charge < -0.3 is 19.5 Å². The highest BCUT2D eigenvalue weighted by atomic mass is 16.5. The highest BCUT2D eigenvalue weighted by molar-refractivity contribution is 5.51. The molecule has 0 bridgehead atoms. The quantitative estimate of drug-likeness (QED) is 0.878. The number of quaternary nitrogens is 1. The van der Waals surface area contributed by atoms with E-state index in [2.05, 4.69) is 42.6 Å². The second-order valence-electron chi connectivity index (χ2n) is 6.34. The molecule has 1 heterocycles. The van der Waals surface area contributed by atoms with Crippen LogP contribution in [-0.2, 0) is 6.42 Å². The van der Waals surface area contributed by atoms with Gasteiger partial charge in [0.25, 0.3) is 0 Å². The summed E-state index contributed by atoms with van der Waals surface area (Å²) in [7, 11) is 1.72. The van der Waals surface area contributed by atoms with Crippen LogP contribution in [0.1, 0.15) is 42.1 Å². The first kappa shape index (κ1) is 17.6. The minimum absolute atomic E-state index is 0.281. The molecule has 2 aromatic rings. The number of nitrogens with two attached hydrogens (primary N) is 1. The number of aryl methyl sites for hydroxylation is 1. The molecule has 4 heteroatoms. The van der Waals surface area contributed by atoms with Crippen LogP contribution in [0.4, 0.5) is 0 Å². The predicted octanol–water partition coefficient (Wildman–Crippen LogP) is 3.01. The second-order valence-corrected chi connectivity index (χ2v) is 6.34. The summed E-state index contributed by atoms with van der Waals surface area (Å²) in [5, 5.41) is 2.40. The van der Waals surface area contributed by atoms with Gasteiger partial charge in [0.15, 0.2) is 11.5 Å². The minimum Gasteiger partial charge on any atom is -0.496 e. The maximum absolute atomic E-state index is 5.84. The van der Waals surface area contributed by atoms with Crippen LogP contribution in [0.2, 0.25) is 0 Å². The van der Waals surface area contributed by atoms with Crippen LogP contribution in [0.3, 0.4) is 0 Å². The summed E-state index contributed by atoms with van der Waals surface area (Å²) < 4.78 is 17.0. The van der Waals surface area contributed by atoms with Gasteiger partial charge in [0.2, 0.25) is 0 Å². The van der Waals surface area contributed by atoms with Crippen LogP contribution < -0.4 is 19.5 Å². The normalized spacial score (nSPS) is 16.2. The molecule has 0 aromatic heterocycles. The fraction of sp³-hybridized carbons (Fsp3) is 0.429. The number of benzene rings is 2. The van der Waals surface area contributed by atoms with Gasteiger partial charge in [-0.1, -0.05) is 0 Å². The van der Waals surface area contributed by atoms with E-state index < -0.39 is 0 Å². The van der Waals surface area contributed by atoms with Gasteiger partial charge in [-0.05, 0) is 62.2 Å². The van der Waals surface area contributed by atoms with E-state index in [0.717, 1.165) is 35.8 Å². The molecular weight excluding hydrogens is 314 g/mol. The lowest BCUT2D eigenvalue weighted by Crippen LogP contribution is -2.87. The fourth-order valence-electron chi connectivity index (χ4n) is 3.60. The van der Waals surface area contributed by atoms with Crippen molar-refractivity contribution in [3.8, 4) is 17.2 Å². The molecule has 134 valence electrons. The SMILES string of the molecule is CCOc1cc2c(cc1OCC)[C@@H](c1ccc(OC)c(C)c1)[NH2+]CC2. The van der Waals surface area contributed by atoms with Gasteiger partial charge >= 0.3 is 0 Å². The molecule has 0 saturated carbocycles. The van der Waals surface area contributed by atoms with Crippen molar-refractivity contribution in [2.24, 2.45) is 0 Å². The zero-order valence-electron chi connectivity index (χ0n) is 15.6. The predicted molar refractivity (Wildman–Crippen MR) is 98.9 cm³/mol. The summed E-state index contributed by atoms with van der Waals surface area (Å²) in [4.78, 5) is 0. The summed E-state index contributed by atoms with van der Waals surface area (Å²) >= 11 is 0. The van der Waals surface area contributed by atoms with E-state index in [-0.39, 0.29) is 6.04 Å². The van der Waals surface area contributed by atoms with E-state index in [1.165, 1.54) is 16.7 Å². The Kier molecular flexibility index (Phi) is 5.49. The highest BCUT2D eigenvalue weighted by Crippen LogP contribution is 2.36. The third-order valence-electron chi connectivity index (χ3n) is 4.73. The number of methoxy groups -OCH3 is 1. The van der Waals surface area contributed by atoms with Gasteiger partial charge in [0.05, 0.1) is 26.9 Å². The van der Waals surface area contributed by atoms with Gasteiger partial charge in [0, 0.05) is 17.5 Å². The molecule has 0 saturated heterocycles. The van der Waals surface area contributed by atoms with Gasteiger partial charge in [-0.3, -0.25) is 0 Å². The number of hydrogen-bond donors (Lipinski definition) is 1. The summed E-state index contributed by atoms with van der Waals surface area (Å²) in [5.74, 6) is 2.63. The molecule has 0 spiro atoms. The lowest BCUT2D eigenvalue weighted by atomic mass is 9.88. The van der Waals surface area contributed by atoms with Crippen molar-refractivity contribution in [1.82, 2.24) is 0 Å². The lowest BCUT2D eigenvalue weighted by Gasteiger charge is -2.26. The molecule has 0 fully saturated rings. The Bertz CT molecular complexity index is 742. The van der Waals surface area contributed by atoms with Crippen molar-refractivity contribution >= 4 is 0 Å². The van der Waals surface area contributed by atoms with E-state index >= 15 is 0 Å². The molecule has 0 unspecified atom stereocenters. The Hall–Kier alpha value is -2.20. The molecule has 25 heavy (non-hydrogen) atoms. The zero-order valence-corrected chi connectivity index (χ0v) is 15.6. The Labute approximate surface area is 150 Å². The van der Waals surface area contributed by atoms with E-state index in [1.807, 2.05) is 13.8 Å². The number of rotatable bonds is 6. The highest BCUT2D eigenvalue weighted by Gasteiger charge is 2.27. The number of ether oxygens (including phenoxy) is 3. The first-order valence-electron chi connectivity index (χ1n) is 9.08. The van der Waals surface area contributed by atoms with Crippen molar-refractivity contribution in [2.75, 3.05) is 26.9 Å². The number of hydrogen-bond acceptors (Lipinski definition) is 3. The van der Waals surface area contributed by atoms with Gasteiger partial charge in [-0.25, -0.2) is 0 Å². The van der Waals surface area contributed by atoms with E-state index in [9.17, 15) is 0 Å². The molecule has 1 aliphatic heterocycles. The Morgan fingerprint density at radius 2 is 1.72 bits per heavy atom. The zero-order chi connectivity index (χ0) is 17.8. The van der Waals surface area contributed by atoms with Gasteiger partial charge in [-0.2, -0.15) is 0 Å². The summed E-state index contributed by atoms with van der Waals surface area (Å²) in [5.41, 5.74) is 5.14. The van der Waals surface area contributed by atoms with E-state index in [0.29, 0.717) is 13.2 Å². The van der Waals surface area contributed by atoms with E-state index in [1.54, 1.807) is 7.11 Å². The molecule has 0 amide bonds. The second kappa shape index (κ2) is 7.79.